The van der Waals surface area contributed by atoms with Crippen molar-refractivity contribution in [1.82, 2.24) is 46.3 Å². The fraction of sp³-hybridized carbons (Fsp3) is 0.651. The number of amides is 9. The molecule has 0 saturated carbocycles. The largest absolute Gasteiger partial charge is 0.508 e. The zero-order chi connectivity index (χ0) is 82.8. The number of rotatable bonds is 57. The number of aromatic nitrogens is 1. The summed E-state index contributed by atoms with van der Waals surface area (Å²) in [4.78, 5) is 167. The molecule has 0 unspecified atom stereocenters. The minimum absolute atomic E-state index is 0.00394. The molecule has 0 radical (unpaired) electrons. The Balaban J connectivity index is 0.970. The van der Waals surface area contributed by atoms with Gasteiger partial charge < -0.3 is 70.7 Å². The van der Waals surface area contributed by atoms with Gasteiger partial charge in [-0.05, 0) is 124 Å². The van der Waals surface area contributed by atoms with Gasteiger partial charge in [-0.2, -0.15) is 0 Å². The van der Waals surface area contributed by atoms with E-state index in [4.69, 9.17) is 39.1 Å². The minimum Gasteiger partial charge on any atom is -0.508 e. The Kier molecular flexibility index (Phi) is 43.8. The number of nitrogens with zero attached hydrogens (tertiary/aromatic N) is 4. The van der Waals surface area contributed by atoms with E-state index in [1.807, 2.05) is 32.7 Å². The van der Waals surface area contributed by atoms with Crippen LogP contribution in [-0.4, -0.2) is 219 Å². The number of aromatic hydroxyl groups is 1. The number of urea groups is 1. The fourth-order valence-electron chi connectivity index (χ4n) is 13.6. The molecule has 0 aliphatic carbocycles. The number of primary amides is 1. The Hall–Kier alpha value is -8.55. The molecular weight excluding hydrogens is 1470 g/mol. The molecular formula is C83H126N10O19S. The van der Waals surface area contributed by atoms with Crippen molar-refractivity contribution >= 4 is 82.2 Å². The molecule has 2 aliphatic rings. The average molecular weight is 1600 g/mol. The highest BCUT2D eigenvalue weighted by atomic mass is 32.1. The number of nitrogens with one attached hydrogen (secondary N) is 5. The van der Waals surface area contributed by atoms with E-state index in [1.165, 1.54) is 23.5 Å². The first-order valence-electron chi connectivity index (χ1n) is 40.4. The van der Waals surface area contributed by atoms with Crippen LogP contribution in [0.5, 0.6) is 5.75 Å². The van der Waals surface area contributed by atoms with Crippen LogP contribution < -0.4 is 32.3 Å². The molecule has 3 aromatic rings. The summed E-state index contributed by atoms with van der Waals surface area (Å²) in [6.45, 7) is 20.9. The van der Waals surface area contributed by atoms with Crippen molar-refractivity contribution in [2.75, 3.05) is 99.2 Å². The number of carbonyl (C=O) groups is 12. The van der Waals surface area contributed by atoms with Crippen LogP contribution in [0.2, 0.25) is 0 Å². The number of nitrogens with two attached hydrogens (primary N) is 1. The Bertz CT molecular complexity index is 3500. The monoisotopic (exact) mass is 1600 g/mol. The number of likely N-dealkylation sites (tertiary alicyclic amines) is 1. The lowest BCUT2D eigenvalue weighted by atomic mass is 9.82. The Morgan fingerprint density at radius 2 is 1.34 bits per heavy atom. The van der Waals surface area contributed by atoms with E-state index in [-0.39, 0.29) is 200 Å². The number of ketones is 4. The Morgan fingerprint density at radius 1 is 0.681 bits per heavy atom. The molecule has 0 bridgehead atoms. The number of piperidine rings is 1. The normalized spacial score (nSPS) is 15.8. The summed E-state index contributed by atoms with van der Waals surface area (Å²) in [5, 5.41) is 25.9. The van der Waals surface area contributed by atoms with Gasteiger partial charge in [-0.25, -0.2) is 19.4 Å². The molecule has 9 atom stereocenters. The van der Waals surface area contributed by atoms with Crippen molar-refractivity contribution in [2.45, 2.75) is 215 Å². The number of Topliss-reactive ketones (excluding diaryl/α,β-unsaturated/α-hetero) is 4. The number of imide groups is 1. The van der Waals surface area contributed by atoms with Crippen LogP contribution in [0.3, 0.4) is 0 Å². The number of alkyl carbamates (subject to hydrolysis) is 2. The third-order valence-corrected chi connectivity index (χ3v) is 21.4. The summed E-state index contributed by atoms with van der Waals surface area (Å²) in [6.07, 6.45) is 9.09. The Morgan fingerprint density at radius 3 is 1.97 bits per heavy atom. The molecule has 2 aromatic carbocycles. The summed E-state index contributed by atoms with van der Waals surface area (Å²) in [5.41, 5.74) is 7.52. The van der Waals surface area contributed by atoms with Crippen LogP contribution >= 0.6 is 11.3 Å². The number of benzene rings is 2. The van der Waals surface area contributed by atoms with Crippen molar-refractivity contribution < 1.29 is 91.1 Å². The van der Waals surface area contributed by atoms with Crippen molar-refractivity contribution in [3.8, 4) is 5.75 Å². The van der Waals surface area contributed by atoms with Crippen molar-refractivity contribution in [3.63, 3.8) is 0 Å². The summed E-state index contributed by atoms with van der Waals surface area (Å²) in [7, 11) is 2.00. The van der Waals surface area contributed by atoms with E-state index in [0.717, 1.165) is 55.5 Å². The molecule has 30 heteroatoms. The second kappa shape index (κ2) is 52.0. The lowest BCUT2D eigenvalue weighted by Gasteiger charge is -2.40. The average Bonchev–Trinajstić information content (AvgIpc) is 1.39. The van der Waals surface area contributed by atoms with E-state index < -0.39 is 66.0 Å². The standard InChI is InChI=1S/C83H126N10O19S/c1-11-35-92(80(103)66(57(8)13-3)50-72(97)69-22-16-18-36-91(69)10)70(56(6)7)51-74(110-38-12-2)79-90-68(54-113-79)78(102)88-62(47-59-27-29-63(94)30-28-59)46-58(9)73(98)52-87-83(106)111-45-44-109-43-42-108-41-40-107-39-34-86-82(105)112-53-61-25-23-60(24-26-61)48-71(96)67(21-19-33-85-81(84)104)89-77(101)65(55(4)5)49-64(95)20-15-14-17-37-93-75(99)31-32-76(93)100/h23-32,54-58,62,65-67,69-70,74,94H,11-22,33-53H2,1-10H3,(H,86,105)(H,87,106)(H,88,102)(H,89,101)(H3,84,85,104)/t57-,58-,62+,65-,66-,67-,69+,70+,74+/m0/s1. The van der Waals surface area contributed by atoms with E-state index in [1.54, 1.807) is 60.8 Å². The van der Waals surface area contributed by atoms with Gasteiger partial charge in [0.15, 0.2) is 17.3 Å². The van der Waals surface area contributed by atoms with E-state index >= 15 is 0 Å². The van der Waals surface area contributed by atoms with Crippen LogP contribution in [0, 0.1) is 35.5 Å². The lowest BCUT2D eigenvalue weighted by Crippen LogP contribution is -2.50. The number of phenolic OH excluding ortho intramolecular Hbond substituents is 1. The summed E-state index contributed by atoms with van der Waals surface area (Å²) >= 11 is 1.31. The molecule has 113 heavy (non-hydrogen) atoms. The number of thiazole rings is 1. The fourth-order valence-corrected chi connectivity index (χ4v) is 14.5. The van der Waals surface area contributed by atoms with Gasteiger partial charge in [-0.1, -0.05) is 118 Å². The smallest absolute Gasteiger partial charge is 0.407 e. The number of hydrogen-bond donors (Lipinski definition) is 7. The van der Waals surface area contributed by atoms with Crippen LogP contribution in [0.25, 0.3) is 0 Å². The maximum absolute atomic E-state index is 14.9. The van der Waals surface area contributed by atoms with Crippen LogP contribution in [0.15, 0.2) is 66.1 Å². The van der Waals surface area contributed by atoms with Crippen LogP contribution in [-0.2, 0) is 86.2 Å². The number of hydrogen-bond acceptors (Lipinski definition) is 22. The van der Waals surface area contributed by atoms with Gasteiger partial charge in [0.25, 0.3) is 17.7 Å². The van der Waals surface area contributed by atoms with Gasteiger partial charge in [0.05, 0.1) is 58.3 Å². The highest BCUT2D eigenvalue weighted by Gasteiger charge is 2.39. The van der Waals surface area contributed by atoms with Gasteiger partial charge in [0.2, 0.25) is 11.8 Å². The summed E-state index contributed by atoms with van der Waals surface area (Å²) < 4.78 is 33.7. The van der Waals surface area contributed by atoms with Crippen molar-refractivity contribution in [1.29, 1.82) is 0 Å². The molecule has 1 fully saturated rings. The van der Waals surface area contributed by atoms with Crippen molar-refractivity contribution in [3.05, 3.63) is 93.5 Å². The predicted molar refractivity (Wildman–Crippen MR) is 427 cm³/mol. The number of ether oxygens (including phenoxy) is 6. The minimum atomic E-state index is -0.921. The molecule has 5 rings (SSSR count). The summed E-state index contributed by atoms with van der Waals surface area (Å²) in [6, 6.07) is 10.8. The quantitative estimate of drug-likeness (QED) is 0.0204. The molecule has 8 N–H and O–H groups in total. The number of likely N-dealkylation sites (N-methyl/N-ethyl adjacent to an activating group) is 1. The molecule has 9 amide bonds. The van der Waals surface area contributed by atoms with E-state index in [0.29, 0.717) is 67.8 Å². The lowest BCUT2D eigenvalue weighted by molar-refractivity contribution is -0.145. The first-order valence-corrected chi connectivity index (χ1v) is 41.3. The number of phenols is 1. The Labute approximate surface area is 670 Å². The molecule has 1 aromatic heterocycles. The van der Waals surface area contributed by atoms with Gasteiger partial charge in [0.1, 0.15) is 41.6 Å². The molecule has 2 aliphatic heterocycles. The zero-order valence-electron chi connectivity index (χ0n) is 68.1. The van der Waals surface area contributed by atoms with Crippen molar-refractivity contribution in [2.24, 2.45) is 41.2 Å². The molecule has 1 saturated heterocycles. The van der Waals surface area contributed by atoms with Gasteiger partial charge in [0, 0.05) is 112 Å². The third-order valence-electron chi connectivity index (χ3n) is 20.5. The number of unbranched alkanes of at least 4 members (excludes halogenated alkanes) is 2. The highest BCUT2D eigenvalue weighted by Crippen LogP contribution is 2.34. The van der Waals surface area contributed by atoms with Gasteiger partial charge in [-0.3, -0.25) is 53.0 Å². The van der Waals surface area contributed by atoms with Gasteiger partial charge in [-0.15, -0.1) is 11.3 Å². The summed E-state index contributed by atoms with van der Waals surface area (Å²) in [5.74, 6) is -4.05. The second-order valence-corrected chi connectivity index (χ2v) is 31.0. The molecule has 3 heterocycles. The predicted octanol–water partition coefficient (Wildman–Crippen LogP) is 9.48. The van der Waals surface area contributed by atoms with Gasteiger partial charge >= 0.3 is 18.2 Å². The number of carbonyl (C=O) groups excluding carboxylic acids is 12. The first kappa shape index (κ1) is 95.0. The highest BCUT2D eigenvalue weighted by molar-refractivity contribution is 7.09. The van der Waals surface area contributed by atoms with Crippen LogP contribution in [0.1, 0.15) is 203 Å². The SMILES string of the molecule is CCCO[C@H](C[C@H](C(C)C)N(CCC)C(=O)[C@@H](CC(=O)[C@H]1CCCCN1C)[C@@H](C)CC)c1nc(C(=O)N[C@@H](Cc2ccc(O)cc2)C[C@H](C)C(=O)CNC(=O)OCCOCCOCCOCCNC(=O)OCc2ccc(CC(=O)[C@H](CCCNC(N)=O)NC(=O)[C@@H](CC(=O)CCCCCN3C(=O)C=CC3=O)C(C)C)cc2)cs1. The first-order chi connectivity index (χ1) is 54.1. The second-order valence-electron chi connectivity index (χ2n) is 30.2. The molecule has 0 spiro atoms. The zero-order valence-corrected chi connectivity index (χ0v) is 68.9. The molecule has 29 nitrogen and oxygen atoms in total. The van der Waals surface area contributed by atoms with E-state index in [2.05, 4.69) is 66.1 Å². The topological polar surface area (TPSA) is 389 Å². The van der Waals surface area contributed by atoms with E-state index in [9.17, 15) is 62.6 Å². The maximum Gasteiger partial charge on any atom is 0.407 e. The maximum atomic E-state index is 14.9. The van der Waals surface area contributed by atoms with Crippen LogP contribution in [0.4, 0.5) is 14.4 Å². The third kappa shape index (κ3) is 35.0. The molecule has 628 valence electrons.